The van der Waals surface area contributed by atoms with Gasteiger partial charge in [-0.15, -0.1) is 0 Å². The maximum Gasteiger partial charge on any atom is 0.115 e. The van der Waals surface area contributed by atoms with Crippen molar-refractivity contribution in [2.45, 2.75) is 6.42 Å². The van der Waals surface area contributed by atoms with Crippen LogP contribution in [0.3, 0.4) is 0 Å². The van der Waals surface area contributed by atoms with Crippen molar-refractivity contribution in [3.05, 3.63) is 30.3 Å². The summed E-state index contributed by atoms with van der Waals surface area (Å²) in [7, 11) is 0. The van der Waals surface area contributed by atoms with Crippen LogP contribution in [-0.4, -0.2) is 16.6 Å². The second-order valence-corrected chi connectivity index (χ2v) is 3.03. The van der Waals surface area contributed by atoms with Crippen molar-refractivity contribution < 1.29 is 5.11 Å². The van der Waals surface area contributed by atoms with Gasteiger partial charge in [0.05, 0.1) is 0 Å². The SMILES string of the molecule is Oc1ccccc1.SCCCS. The smallest absolute Gasteiger partial charge is 0.115 e. The van der Waals surface area contributed by atoms with E-state index in [4.69, 9.17) is 5.11 Å². The Morgan fingerprint density at radius 3 is 1.67 bits per heavy atom. The van der Waals surface area contributed by atoms with Crippen LogP contribution in [0, 0.1) is 0 Å². The monoisotopic (exact) mass is 202 g/mol. The second-order valence-electron chi connectivity index (χ2n) is 2.14. The van der Waals surface area contributed by atoms with E-state index in [0.29, 0.717) is 5.75 Å². The molecule has 0 aliphatic rings. The van der Waals surface area contributed by atoms with Crippen LogP contribution in [0.25, 0.3) is 0 Å². The molecule has 12 heavy (non-hydrogen) atoms. The average Bonchev–Trinajstić information content (AvgIpc) is 2.08. The highest BCUT2D eigenvalue weighted by Gasteiger charge is 1.74. The summed E-state index contributed by atoms with van der Waals surface area (Å²) in [4.78, 5) is 0. The summed E-state index contributed by atoms with van der Waals surface area (Å²) in [5.41, 5.74) is 0. The number of rotatable bonds is 2. The highest BCUT2D eigenvalue weighted by atomic mass is 32.1. The van der Waals surface area contributed by atoms with Crippen molar-refractivity contribution >= 4 is 25.3 Å². The summed E-state index contributed by atoms with van der Waals surface area (Å²) in [5, 5.41) is 8.63. The zero-order chi connectivity index (χ0) is 9.23. The fraction of sp³-hybridized carbons (Fsp3) is 0.333. The quantitative estimate of drug-likeness (QED) is 0.630. The molecule has 1 aromatic carbocycles. The number of phenolic OH excluding ortho intramolecular Hbond substituents is 1. The number of thiol groups is 2. The Balaban J connectivity index is 0.000000217. The first-order chi connectivity index (χ1) is 5.81. The number of phenols is 1. The number of aromatic hydroxyl groups is 1. The van der Waals surface area contributed by atoms with Crippen molar-refractivity contribution in [2.75, 3.05) is 11.5 Å². The standard InChI is InChI=1S/C6H6O.C3H8S2/c7-6-4-2-1-3-5-6;4-2-1-3-5/h1-5,7H;4-5H,1-3H2. The first kappa shape index (κ1) is 11.7. The number of benzene rings is 1. The molecule has 0 saturated carbocycles. The van der Waals surface area contributed by atoms with E-state index in [1.807, 2.05) is 6.07 Å². The molecule has 0 aliphatic heterocycles. The number of hydrogen-bond acceptors (Lipinski definition) is 3. The zero-order valence-corrected chi connectivity index (χ0v) is 8.64. The van der Waals surface area contributed by atoms with Crippen LogP contribution in [0.15, 0.2) is 30.3 Å². The van der Waals surface area contributed by atoms with Gasteiger partial charge in [-0.25, -0.2) is 0 Å². The predicted octanol–water partition coefficient (Wildman–Crippen LogP) is 2.63. The third kappa shape index (κ3) is 7.82. The van der Waals surface area contributed by atoms with E-state index in [1.165, 1.54) is 0 Å². The maximum absolute atomic E-state index is 8.63. The van der Waals surface area contributed by atoms with Gasteiger partial charge in [-0.1, -0.05) is 18.2 Å². The molecule has 0 atom stereocenters. The van der Waals surface area contributed by atoms with Gasteiger partial charge in [0.2, 0.25) is 0 Å². The molecule has 0 amide bonds. The minimum Gasteiger partial charge on any atom is -0.508 e. The van der Waals surface area contributed by atoms with Crippen LogP contribution < -0.4 is 0 Å². The molecule has 1 nitrogen and oxygen atoms in total. The zero-order valence-electron chi connectivity index (χ0n) is 6.85. The Kier molecular flexibility index (Phi) is 8.61. The van der Waals surface area contributed by atoms with Crippen LogP contribution in [0.5, 0.6) is 5.75 Å². The summed E-state index contributed by atoms with van der Waals surface area (Å²) in [5.74, 6) is 2.25. The molecule has 1 aromatic rings. The highest BCUT2D eigenvalue weighted by Crippen LogP contribution is 2.02. The lowest BCUT2D eigenvalue weighted by molar-refractivity contribution is 0.475. The largest absolute Gasteiger partial charge is 0.508 e. The molecule has 0 bridgehead atoms. The molecule has 0 unspecified atom stereocenters. The molecule has 0 heterocycles. The van der Waals surface area contributed by atoms with Crippen molar-refractivity contribution in [3.63, 3.8) is 0 Å². The molecule has 3 heteroatoms. The lowest BCUT2D eigenvalue weighted by Gasteiger charge is -1.82. The van der Waals surface area contributed by atoms with Gasteiger partial charge < -0.3 is 5.11 Å². The summed E-state index contributed by atoms with van der Waals surface area (Å²) in [6.45, 7) is 0. The fourth-order valence-electron chi connectivity index (χ4n) is 0.499. The molecule has 0 radical (unpaired) electrons. The van der Waals surface area contributed by atoms with E-state index in [-0.39, 0.29) is 0 Å². The van der Waals surface area contributed by atoms with Gasteiger partial charge in [-0.2, -0.15) is 25.3 Å². The van der Waals surface area contributed by atoms with E-state index >= 15 is 0 Å². The van der Waals surface area contributed by atoms with E-state index < -0.39 is 0 Å². The van der Waals surface area contributed by atoms with Crippen LogP contribution in [0.2, 0.25) is 0 Å². The molecule has 0 spiro atoms. The van der Waals surface area contributed by atoms with Gasteiger partial charge in [0.1, 0.15) is 5.75 Å². The lowest BCUT2D eigenvalue weighted by atomic mass is 10.3. The van der Waals surface area contributed by atoms with Gasteiger partial charge in [-0.3, -0.25) is 0 Å². The molecular weight excluding hydrogens is 188 g/mol. The molecule has 0 aliphatic carbocycles. The molecule has 1 N–H and O–H groups in total. The van der Waals surface area contributed by atoms with Crippen molar-refractivity contribution in [2.24, 2.45) is 0 Å². The van der Waals surface area contributed by atoms with E-state index in [1.54, 1.807) is 24.3 Å². The Hall–Kier alpha value is -0.280. The topological polar surface area (TPSA) is 20.2 Å². The Morgan fingerprint density at radius 1 is 1.00 bits per heavy atom. The summed E-state index contributed by atoms with van der Waals surface area (Å²) in [6.07, 6.45) is 1.12. The normalized spacial score (nSPS) is 8.50. The molecule has 0 fully saturated rings. The summed E-state index contributed by atoms with van der Waals surface area (Å²) >= 11 is 7.90. The highest BCUT2D eigenvalue weighted by molar-refractivity contribution is 7.81. The number of para-hydroxylation sites is 1. The van der Waals surface area contributed by atoms with Crippen LogP contribution >= 0.6 is 25.3 Å². The van der Waals surface area contributed by atoms with E-state index in [9.17, 15) is 0 Å². The minimum atomic E-state index is 0.322. The van der Waals surface area contributed by atoms with Gasteiger partial charge in [0.25, 0.3) is 0 Å². The summed E-state index contributed by atoms with van der Waals surface area (Å²) < 4.78 is 0. The van der Waals surface area contributed by atoms with Gasteiger partial charge in [0.15, 0.2) is 0 Å². The fourth-order valence-corrected chi connectivity index (χ4v) is 1.06. The van der Waals surface area contributed by atoms with Crippen molar-refractivity contribution in [1.82, 2.24) is 0 Å². The third-order valence-corrected chi connectivity index (χ3v) is 1.70. The summed E-state index contributed by atoms with van der Waals surface area (Å²) in [6, 6.07) is 8.71. The third-order valence-electron chi connectivity index (χ3n) is 1.07. The van der Waals surface area contributed by atoms with E-state index in [2.05, 4.69) is 25.3 Å². The average molecular weight is 202 g/mol. The second kappa shape index (κ2) is 8.81. The predicted molar refractivity (Wildman–Crippen MR) is 60.4 cm³/mol. The van der Waals surface area contributed by atoms with Gasteiger partial charge >= 0.3 is 0 Å². The maximum atomic E-state index is 8.63. The van der Waals surface area contributed by atoms with Gasteiger partial charge in [-0.05, 0) is 30.1 Å². The number of hydrogen-bond donors (Lipinski definition) is 3. The molecule has 0 saturated heterocycles. The first-order valence-electron chi connectivity index (χ1n) is 3.77. The molecule has 68 valence electrons. The Bertz CT molecular complexity index is 175. The lowest BCUT2D eigenvalue weighted by Crippen LogP contribution is -1.71. The first-order valence-corrected chi connectivity index (χ1v) is 5.03. The van der Waals surface area contributed by atoms with Crippen molar-refractivity contribution in [1.29, 1.82) is 0 Å². The minimum absolute atomic E-state index is 0.322. The van der Waals surface area contributed by atoms with Crippen molar-refractivity contribution in [3.8, 4) is 5.75 Å². The van der Waals surface area contributed by atoms with Crippen LogP contribution in [0.1, 0.15) is 6.42 Å². The van der Waals surface area contributed by atoms with E-state index in [0.717, 1.165) is 17.9 Å². The van der Waals surface area contributed by atoms with Gasteiger partial charge in [0, 0.05) is 0 Å². The van der Waals surface area contributed by atoms with Crippen LogP contribution in [0.4, 0.5) is 0 Å². The molecule has 1 rings (SSSR count). The Morgan fingerprint density at radius 2 is 1.50 bits per heavy atom. The molecular formula is C9H14OS2. The Labute approximate surface area is 84.6 Å². The van der Waals surface area contributed by atoms with Crippen LogP contribution in [-0.2, 0) is 0 Å². The molecule has 0 aromatic heterocycles.